The molecule has 1 atom stereocenters. The van der Waals surface area contributed by atoms with Crippen molar-refractivity contribution in [3.63, 3.8) is 0 Å². The largest absolute Gasteiger partial charge is 0.379 e. The molecular weight excluding hydrogens is 482 g/mol. The monoisotopic (exact) mass is 523 g/mol. The molecule has 1 unspecified atom stereocenters. The standard InChI is InChI=1S/C25H41N5O7/c1-20-3-6-28(7-4-20)23(31)5-9-34-11-13-36-15-16-37-14-12-35-10-8-29-18-22(26-27-29)19-30-24(32)17-21(2)25(30)33/h18,20-21H,3-17,19H2,1-2H3. The molecule has 0 spiro atoms. The van der Waals surface area contributed by atoms with E-state index in [0.29, 0.717) is 77.4 Å². The molecular formula is C25H41N5O7. The zero-order valence-electron chi connectivity index (χ0n) is 22.1. The van der Waals surface area contributed by atoms with Crippen LogP contribution < -0.4 is 0 Å². The van der Waals surface area contributed by atoms with Crippen LogP contribution in [0, 0.1) is 11.8 Å². The van der Waals surface area contributed by atoms with Gasteiger partial charge in [-0.15, -0.1) is 5.10 Å². The Bertz CT molecular complexity index is 856. The summed E-state index contributed by atoms with van der Waals surface area (Å²) < 4.78 is 23.6. The second-order valence-electron chi connectivity index (χ2n) is 9.66. The van der Waals surface area contributed by atoms with Gasteiger partial charge in [-0.25, -0.2) is 4.68 Å². The minimum absolute atomic E-state index is 0.156. The lowest BCUT2D eigenvalue weighted by Crippen LogP contribution is -2.38. The van der Waals surface area contributed by atoms with Gasteiger partial charge in [0.05, 0.1) is 78.6 Å². The molecule has 0 saturated carbocycles. The number of likely N-dealkylation sites (tertiary alicyclic amines) is 2. The molecule has 208 valence electrons. The zero-order valence-corrected chi connectivity index (χ0v) is 22.1. The summed E-state index contributed by atoms with van der Waals surface area (Å²) in [6.45, 7) is 10.0. The van der Waals surface area contributed by atoms with Gasteiger partial charge >= 0.3 is 0 Å². The summed E-state index contributed by atoms with van der Waals surface area (Å²) in [5, 5.41) is 8.04. The van der Waals surface area contributed by atoms with Crippen LogP contribution in [0.1, 0.15) is 45.2 Å². The Morgan fingerprint density at radius 2 is 1.51 bits per heavy atom. The molecule has 12 heteroatoms. The molecule has 3 amide bonds. The second kappa shape index (κ2) is 15.8. The highest BCUT2D eigenvalue weighted by molar-refractivity contribution is 6.03. The van der Waals surface area contributed by atoms with Crippen molar-refractivity contribution in [2.45, 2.75) is 52.6 Å². The van der Waals surface area contributed by atoms with Crippen molar-refractivity contribution in [3.8, 4) is 0 Å². The molecule has 3 rings (SSSR count). The van der Waals surface area contributed by atoms with E-state index in [0.717, 1.165) is 25.9 Å². The molecule has 2 aliphatic heterocycles. The molecule has 37 heavy (non-hydrogen) atoms. The third-order valence-electron chi connectivity index (χ3n) is 6.55. The van der Waals surface area contributed by atoms with Gasteiger partial charge in [0.25, 0.3) is 0 Å². The quantitative estimate of drug-likeness (QED) is 0.216. The maximum absolute atomic E-state index is 12.1. The summed E-state index contributed by atoms with van der Waals surface area (Å²) in [6, 6.07) is 0. The zero-order chi connectivity index (χ0) is 26.5. The highest BCUT2D eigenvalue weighted by atomic mass is 16.6. The van der Waals surface area contributed by atoms with E-state index in [1.54, 1.807) is 17.8 Å². The van der Waals surface area contributed by atoms with Gasteiger partial charge < -0.3 is 23.8 Å². The Hall–Kier alpha value is -2.41. The molecule has 2 saturated heterocycles. The Labute approximate surface area is 218 Å². The van der Waals surface area contributed by atoms with Gasteiger partial charge in [-0.1, -0.05) is 19.1 Å². The van der Waals surface area contributed by atoms with Crippen LogP contribution >= 0.6 is 0 Å². The number of imide groups is 1. The number of hydrogen-bond donors (Lipinski definition) is 0. The van der Waals surface area contributed by atoms with Crippen LogP contribution in [0.25, 0.3) is 0 Å². The Balaban J connectivity index is 1.09. The minimum atomic E-state index is -0.264. The summed E-state index contributed by atoms with van der Waals surface area (Å²) in [7, 11) is 0. The van der Waals surface area contributed by atoms with Crippen LogP contribution in [-0.4, -0.2) is 108 Å². The number of amides is 3. The van der Waals surface area contributed by atoms with Crippen molar-refractivity contribution in [3.05, 3.63) is 11.9 Å². The highest BCUT2D eigenvalue weighted by Gasteiger charge is 2.35. The van der Waals surface area contributed by atoms with E-state index < -0.39 is 0 Å². The summed E-state index contributed by atoms with van der Waals surface area (Å²) >= 11 is 0. The molecule has 3 heterocycles. The SMILES string of the molecule is CC1CCN(C(=O)CCOCCOCCOCCOCCn2cc(CN3C(=O)CC(C)C3=O)nn2)CC1. The second-order valence-corrected chi connectivity index (χ2v) is 9.66. The lowest BCUT2D eigenvalue weighted by Gasteiger charge is -2.30. The summed E-state index contributed by atoms with van der Waals surface area (Å²) in [5.41, 5.74) is 0.574. The van der Waals surface area contributed by atoms with Crippen molar-refractivity contribution in [2.75, 3.05) is 65.9 Å². The maximum Gasteiger partial charge on any atom is 0.232 e. The first-order valence-electron chi connectivity index (χ1n) is 13.3. The molecule has 0 bridgehead atoms. The minimum Gasteiger partial charge on any atom is -0.379 e. The molecule has 12 nitrogen and oxygen atoms in total. The number of aromatic nitrogens is 3. The molecule has 2 fully saturated rings. The van der Waals surface area contributed by atoms with Gasteiger partial charge in [0.1, 0.15) is 5.69 Å². The number of hydrogen-bond acceptors (Lipinski definition) is 9. The first kappa shape index (κ1) is 29.2. The molecule has 0 aromatic carbocycles. The fraction of sp³-hybridized carbons (Fsp3) is 0.800. The van der Waals surface area contributed by atoms with E-state index in [-0.39, 0.29) is 36.6 Å². The fourth-order valence-corrected chi connectivity index (χ4v) is 4.19. The summed E-state index contributed by atoms with van der Waals surface area (Å²) in [5.74, 6) is 0.304. The molecule has 1 aromatic rings. The Morgan fingerprint density at radius 1 is 0.919 bits per heavy atom. The van der Waals surface area contributed by atoms with Crippen LogP contribution in [0.2, 0.25) is 0 Å². The number of carbonyl (C=O) groups excluding carboxylic acids is 3. The lowest BCUT2D eigenvalue weighted by atomic mass is 9.99. The first-order chi connectivity index (χ1) is 17.9. The predicted octanol–water partition coefficient (Wildman–Crippen LogP) is 0.888. The maximum atomic E-state index is 12.1. The van der Waals surface area contributed by atoms with Crippen LogP contribution in [0.15, 0.2) is 6.20 Å². The van der Waals surface area contributed by atoms with Gasteiger partial charge in [-0.2, -0.15) is 0 Å². The van der Waals surface area contributed by atoms with Crippen LogP contribution in [-0.2, 0) is 46.4 Å². The number of rotatable bonds is 17. The van der Waals surface area contributed by atoms with Gasteiger partial charge in [-0.3, -0.25) is 19.3 Å². The highest BCUT2D eigenvalue weighted by Crippen LogP contribution is 2.20. The smallest absolute Gasteiger partial charge is 0.232 e. The topological polar surface area (TPSA) is 125 Å². The van der Waals surface area contributed by atoms with E-state index in [1.165, 1.54) is 4.90 Å². The molecule has 0 N–H and O–H groups in total. The van der Waals surface area contributed by atoms with E-state index in [1.807, 2.05) is 4.90 Å². The van der Waals surface area contributed by atoms with E-state index >= 15 is 0 Å². The van der Waals surface area contributed by atoms with Gasteiger partial charge in [0, 0.05) is 25.4 Å². The molecule has 0 radical (unpaired) electrons. The number of nitrogens with zero attached hydrogens (tertiary/aromatic N) is 5. The fourth-order valence-electron chi connectivity index (χ4n) is 4.19. The van der Waals surface area contributed by atoms with Crippen LogP contribution in [0.4, 0.5) is 0 Å². The molecule has 1 aromatic heterocycles. The van der Waals surface area contributed by atoms with Crippen LogP contribution in [0.5, 0.6) is 0 Å². The van der Waals surface area contributed by atoms with Crippen molar-refractivity contribution < 1.29 is 33.3 Å². The van der Waals surface area contributed by atoms with Gasteiger partial charge in [0.15, 0.2) is 0 Å². The average Bonchev–Trinajstić information content (AvgIpc) is 3.43. The van der Waals surface area contributed by atoms with Crippen LogP contribution in [0.3, 0.4) is 0 Å². The number of carbonyl (C=O) groups is 3. The third kappa shape index (κ3) is 10.1. The number of piperidine rings is 1. The number of ether oxygens (including phenoxy) is 4. The lowest BCUT2D eigenvalue weighted by molar-refractivity contribution is -0.140. The Morgan fingerprint density at radius 3 is 2.11 bits per heavy atom. The Kier molecular flexibility index (Phi) is 12.4. The summed E-state index contributed by atoms with van der Waals surface area (Å²) in [4.78, 5) is 39.2. The third-order valence-corrected chi connectivity index (χ3v) is 6.55. The van der Waals surface area contributed by atoms with E-state index in [2.05, 4.69) is 17.2 Å². The van der Waals surface area contributed by atoms with Gasteiger partial charge in [-0.05, 0) is 18.8 Å². The normalized spacial score (nSPS) is 18.8. The molecule has 2 aliphatic rings. The molecule has 0 aliphatic carbocycles. The van der Waals surface area contributed by atoms with Crippen molar-refractivity contribution in [1.29, 1.82) is 0 Å². The predicted molar refractivity (Wildman–Crippen MR) is 132 cm³/mol. The van der Waals surface area contributed by atoms with E-state index in [9.17, 15) is 14.4 Å². The van der Waals surface area contributed by atoms with E-state index in [4.69, 9.17) is 18.9 Å². The first-order valence-corrected chi connectivity index (χ1v) is 13.3. The average molecular weight is 524 g/mol. The van der Waals surface area contributed by atoms with Gasteiger partial charge in [0.2, 0.25) is 17.7 Å². The van der Waals surface area contributed by atoms with Crippen molar-refractivity contribution >= 4 is 17.7 Å². The van der Waals surface area contributed by atoms with Crippen molar-refractivity contribution in [2.24, 2.45) is 11.8 Å². The summed E-state index contributed by atoms with van der Waals surface area (Å²) in [6.07, 6.45) is 4.58. The van der Waals surface area contributed by atoms with Crippen molar-refractivity contribution in [1.82, 2.24) is 24.8 Å².